The van der Waals surface area contributed by atoms with Crippen LogP contribution in [0.4, 0.5) is 0 Å². The average molecular weight is 363 g/mol. The molecule has 0 radical (unpaired) electrons. The van der Waals surface area contributed by atoms with Gasteiger partial charge in [-0.3, -0.25) is 4.79 Å². The first-order valence-corrected chi connectivity index (χ1v) is 9.17. The number of carbonyl (C=O) groups is 1. The number of ether oxygens (including phenoxy) is 1. The van der Waals surface area contributed by atoms with Gasteiger partial charge in [0, 0.05) is 50.1 Å². The summed E-state index contributed by atoms with van der Waals surface area (Å²) in [5.41, 5.74) is 2.19. The van der Waals surface area contributed by atoms with Gasteiger partial charge < -0.3 is 14.2 Å². The molecule has 0 aliphatic heterocycles. The summed E-state index contributed by atoms with van der Waals surface area (Å²) >= 11 is 6.28. The van der Waals surface area contributed by atoms with Gasteiger partial charge >= 0.3 is 0 Å². The number of aromatic nitrogens is 1. The predicted molar refractivity (Wildman–Crippen MR) is 102 cm³/mol. The monoisotopic (exact) mass is 362 g/mol. The Balaban J connectivity index is 2.09. The summed E-state index contributed by atoms with van der Waals surface area (Å²) in [5, 5.41) is 0.765. The lowest BCUT2D eigenvalue weighted by molar-refractivity contribution is -0.132. The van der Waals surface area contributed by atoms with E-state index in [1.807, 2.05) is 48.4 Å². The zero-order chi connectivity index (χ0) is 18.1. The molecule has 0 saturated carbocycles. The normalized spacial score (nSPS) is 10.8. The van der Waals surface area contributed by atoms with Crippen molar-refractivity contribution in [2.45, 2.75) is 39.3 Å². The van der Waals surface area contributed by atoms with Gasteiger partial charge in [-0.25, -0.2) is 0 Å². The Hall–Kier alpha value is -1.78. The fourth-order valence-electron chi connectivity index (χ4n) is 2.82. The van der Waals surface area contributed by atoms with Crippen molar-refractivity contribution in [3.8, 4) is 0 Å². The molecular formula is C20H27ClN2O2. The summed E-state index contributed by atoms with van der Waals surface area (Å²) in [7, 11) is 1.69. The van der Waals surface area contributed by atoms with E-state index in [0.29, 0.717) is 32.7 Å². The predicted octanol–water partition coefficient (Wildman–Crippen LogP) is 4.36. The summed E-state index contributed by atoms with van der Waals surface area (Å²) in [5.74, 6) is 0.198. The van der Waals surface area contributed by atoms with Crippen molar-refractivity contribution in [2.75, 3.05) is 20.3 Å². The number of benzene rings is 1. The Kier molecular flexibility index (Phi) is 8.02. The lowest BCUT2D eigenvalue weighted by Crippen LogP contribution is -2.32. The van der Waals surface area contributed by atoms with E-state index in [2.05, 4.69) is 10.6 Å². The summed E-state index contributed by atoms with van der Waals surface area (Å²) in [6.07, 6.45) is 4.33. The third-order valence-corrected chi connectivity index (χ3v) is 4.54. The summed E-state index contributed by atoms with van der Waals surface area (Å²) in [6, 6.07) is 11.9. The highest BCUT2D eigenvalue weighted by Crippen LogP contribution is 2.18. The number of hydrogen-bond acceptors (Lipinski definition) is 2. The molecule has 0 aliphatic carbocycles. The molecule has 2 aromatic rings. The molecule has 4 nitrogen and oxygen atoms in total. The second kappa shape index (κ2) is 10.3. The average Bonchev–Trinajstić information content (AvgIpc) is 3.03. The molecule has 0 aliphatic rings. The summed E-state index contributed by atoms with van der Waals surface area (Å²) < 4.78 is 7.28. The van der Waals surface area contributed by atoms with Gasteiger partial charge in [0.15, 0.2) is 0 Å². The quantitative estimate of drug-likeness (QED) is 0.589. The van der Waals surface area contributed by atoms with Crippen LogP contribution >= 0.6 is 11.6 Å². The van der Waals surface area contributed by atoms with Gasteiger partial charge in [0.1, 0.15) is 0 Å². The van der Waals surface area contributed by atoms with Crippen LogP contribution in [0.2, 0.25) is 5.02 Å². The minimum atomic E-state index is 0.198. The zero-order valence-electron chi connectivity index (χ0n) is 15.1. The minimum absolute atomic E-state index is 0.198. The molecule has 0 atom stereocenters. The lowest BCUT2D eigenvalue weighted by atomic mass is 10.2. The molecule has 0 saturated heterocycles. The topological polar surface area (TPSA) is 34.5 Å². The minimum Gasteiger partial charge on any atom is -0.385 e. The standard InChI is InChI=1S/C20H27ClN2O2/c1-3-8-20(24)23(13-7-14-25-2)16-18-10-6-12-22(18)15-17-9-4-5-11-19(17)21/h4-6,9-12H,3,7-8,13-16H2,1-2H3. The van der Waals surface area contributed by atoms with E-state index in [0.717, 1.165) is 29.1 Å². The molecule has 25 heavy (non-hydrogen) atoms. The third-order valence-electron chi connectivity index (χ3n) is 4.17. The van der Waals surface area contributed by atoms with Crippen LogP contribution in [0, 0.1) is 0 Å². The van der Waals surface area contributed by atoms with Crippen LogP contribution in [0.3, 0.4) is 0 Å². The van der Waals surface area contributed by atoms with Gasteiger partial charge in [-0.1, -0.05) is 36.7 Å². The molecular weight excluding hydrogens is 336 g/mol. The highest BCUT2D eigenvalue weighted by atomic mass is 35.5. The second-order valence-electron chi connectivity index (χ2n) is 6.13. The Morgan fingerprint density at radius 2 is 2.04 bits per heavy atom. The van der Waals surface area contributed by atoms with Crippen molar-refractivity contribution >= 4 is 17.5 Å². The van der Waals surface area contributed by atoms with Crippen LogP contribution in [-0.4, -0.2) is 35.6 Å². The van der Waals surface area contributed by atoms with E-state index < -0.39 is 0 Å². The van der Waals surface area contributed by atoms with Crippen molar-refractivity contribution in [1.82, 2.24) is 9.47 Å². The van der Waals surface area contributed by atoms with Crippen molar-refractivity contribution in [3.05, 3.63) is 58.9 Å². The van der Waals surface area contributed by atoms with Gasteiger partial charge in [-0.2, -0.15) is 0 Å². The van der Waals surface area contributed by atoms with Crippen LogP contribution in [-0.2, 0) is 22.6 Å². The molecule has 1 heterocycles. The fourth-order valence-corrected chi connectivity index (χ4v) is 3.01. The van der Waals surface area contributed by atoms with Gasteiger partial charge in [0.2, 0.25) is 5.91 Å². The maximum absolute atomic E-state index is 12.4. The molecule has 0 N–H and O–H groups in total. The lowest BCUT2D eigenvalue weighted by Gasteiger charge is -2.23. The second-order valence-corrected chi connectivity index (χ2v) is 6.54. The SMILES string of the molecule is CCCC(=O)N(CCCOC)Cc1cccn1Cc1ccccc1Cl. The van der Waals surface area contributed by atoms with Gasteiger partial charge in [-0.15, -0.1) is 0 Å². The highest BCUT2D eigenvalue weighted by Gasteiger charge is 2.15. The Morgan fingerprint density at radius 3 is 2.76 bits per heavy atom. The summed E-state index contributed by atoms with van der Waals surface area (Å²) in [6.45, 7) is 4.72. The van der Waals surface area contributed by atoms with Crippen LogP contribution < -0.4 is 0 Å². The maximum Gasteiger partial charge on any atom is 0.222 e. The van der Waals surface area contributed by atoms with E-state index in [-0.39, 0.29) is 5.91 Å². The third kappa shape index (κ3) is 5.91. The molecule has 0 unspecified atom stereocenters. The number of rotatable bonds is 10. The number of methoxy groups -OCH3 is 1. The van der Waals surface area contributed by atoms with Crippen LogP contribution in [0.1, 0.15) is 37.4 Å². The van der Waals surface area contributed by atoms with E-state index in [4.69, 9.17) is 16.3 Å². The Morgan fingerprint density at radius 1 is 1.24 bits per heavy atom. The Bertz CT molecular complexity index is 669. The molecule has 1 amide bonds. The molecule has 0 spiro atoms. The zero-order valence-corrected chi connectivity index (χ0v) is 15.8. The fraction of sp³-hybridized carbons (Fsp3) is 0.450. The van der Waals surface area contributed by atoms with Crippen molar-refractivity contribution in [3.63, 3.8) is 0 Å². The number of amides is 1. The molecule has 136 valence electrons. The first-order valence-electron chi connectivity index (χ1n) is 8.79. The highest BCUT2D eigenvalue weighted by molar-refractivity contribution is 6.31. The number of carbonyl (C=O) groups excluding carboxylic acids is 1. The first kappa shape index (κ1) is 19.5. The van der Waals surface area contributed by atoms with Crippen molar-refractivity contribution in [1.29, 1.82) is 0 Å². The smallest absolute Gasteiger partial charge is 0.222 e. The largest absolute Gasteiger partial charge is 0.385 e. The van der Waals surface area contributed by atoms with Crippen LogP contribution in [0.5, 0.6) is 0 Å². The van der Waals surface area contributed by atoms with Crippen molar-refractivity contribution in [2.24, 2.45) is 0 Å². The molecule has 0 bridgehead atoms. The number of halogens is 1. The first-order chi connectivity index (χ1) is 12.2. The van der Waals surface area contributed by atoms with Gasteiger partial charge in [0.25, 0.3) is 0 Å². The van der Waals surface area contributed by atoms with E-state index in [9.17, 15) is 4.79 Å². The Labute approximate surface area is 155 Å². The molecule has 1 aromatic carbocycles. The van der Waals surface area contributed by atoms with E-state index >= 15 is 0 Å². The molecule has 1 aromatic heterocycles. The molecule has 2 rings (SSSR count). The van der Waals surface area contributed by atoms with Crippen LogP contribution in [0.25, 0.3) is 0 Å². The van der Waals surface area contributed by atoms with Gasteiger partial charge in [0.05, 0.1) is 6.54 Å². The van der Waals surface area contributed by atoms with E-state index in [1.165, 1.54) is 0 Å². The van der Waals surface area contributed by atoms with Crippen molar-refractivity contribution < 1.29 is 9.53 Å². The molecule has 0 fully saturated rings. The van der Waals surface area contributed by atoms with Crippen LogP contribution in [0.15, 0.2) is 42.6 Å². The number of nitrogens with zero attached hydrogens (tertiary/aromatic N) is 2. The van der Waals surface area contributed by atoms with Gasteiger partial charge in [-0.05, 0) is 36.6 Å². The van der Waals surface area contributed by atoms with E-state index in [1.54, 1.807) is 7.11 Å². The number of hydrogen-bond donors (Lipinski definition) is 0. The summed E-state index contributed by atoms with van der Waals surface area (Å²) in [4.78, 5) is 14.4. The maximum atomic E-state index is 12.4. The molecule has 5 heteroatoms.